The van der Waals surface area contributed by atoms with Crippen LogP contribution in [-0.4, -0.2) is 43.7 Å². The molecule has 0 bridgehead atoms. The van der Waals surface area contributed by atoms with E-state index >= 15 is 0 Å². The van der Waals surface area contributed by atoms with E-state index in [2.05, 4.69) is 6.07 Å². The smallest absolute Gasteiger partial charge is 0.330 e. The highest BCUT2D eigenvalue weighted by Gasteiger charge is 2.35. The van der Waals surface area contributed by atoms with Gasteiger partial charge in [-0.1, -0.05) is 68.3 Å². The van der Waals surface area contributed by atoms with Crippen LogP contribution in [0.5, 0.6) is 0 Å². The first-order valence-electron chi connectivity index (χ1n) is 14.8. The van der Waals surface area contributed by atoms with Crippen LogP contribution in [0.2, 0.25) is 0 Å². The molecular formula is C32H42BN4O2. The quantitative estimate of drug-likeness (QED) is 0.338. The Morgan fingerprint density at radius 1 is 0.718 bits per heavy atom. The third-order valence-electron chi connectivity index (χ3n) is 8.80. The Bertz CT molecular complexity index is 1190. The highest BCUT2D eigenvalue weighted by molar-refractivity contribution is 6.47. The lowest BCUT2D eigenvalue weighted by atomic mass is 9.82. The van der Waals surface area contributed by atoms with Gasteiger partial charge in [0, 0.05) is 29.2 Å². The Morgan fingerprint density at radius 2 is 1.26 bits per heavy atom. The fourth-order valence-electron chi connectivity index (χ4n) is 5.41. The first-order valence-corrected chi connectivity index (χ1v) is 14.8. The standard InChI is InChI=1S/C32H42BN4O2/c1-31(2,38)32(3,4)39-33-26-18-15-22(16-19-26)27-20-17-25(21-34-27)30-36-28(23-11-7-5-8-12-23)35-29(37-30)24-13-9-6-10-14-24/h15-21,23-24,38H,5-14H2,1-4H3. The molecule has 0 atom stereocenters. The van der Waals surface area contributed by atoms with E-state index in [0.29, 0.717) is 11.8 Å². The van der Waals surface area contributed by atoms with Crippen molar-refractivity contribution < 1.29 is 9.76 Å². The topological polar surface area (TPSA) is 81.0 Å². The molecule has 39 heavy (non-hydrogen) atoms. The normalized spacial score (nSPS) is 17.8. The van der Waals surface area contributed by atoms with Crippen molar-refractivity contribution in [2.45, 2.75) is 115 Å². The molecular weight excluding hydrogens is 483 g/mol. The second-order valence-electron chi connectivity index (χ2n) is 12.4. The van der Waals surface area contributed by atoms with E-state index in [0.717, 1.165) is 39.8 Å². The molecule has 6 nitrogen and oxygen atoms in total. The van der Waals surface area contributed by atoms with E-state index < -0.39 is 11.2 Å². The molecule has 0 aliphatic heterocycles. The molecule has 2 aliphatic carbocycles. The van der Waals surface area contributed by atoms with Gasteiger partial charge in [-0.3, -0.25) is 4.98 Å². The molecule has 2 aromatic heterocycles. The van der Waals surface area contributed by atoms with Gasteiger partial charge in [0.15, 0.2) is 5.82 Å². The number of aliphatic hydroxyl groups is 1. The predicted octanol–water partition coefficient (Wildman–Crippen LogP) is 6.51. The minimum absolute atomic E-state index is 0.448. The van der Waals surface area contributed by atoms with Crippen LogP contribution in [0.1, 0.15) is 115 Å². The van der Waals surface area contributed by atoms with Crippen LogP contribution in [-0.2, 0) is 4.65 Å². The Kier molecular flexibility index (Phi) is 8.48. The van der Waals surface area contributed by atoms with Gasteiger partial charge in [0.05, 0.1) is 16.9 Å². The van der Waals surface area contributed by atoms with Crippen LogP contribution in [0.3, 0.4) is 0 Å². The second kappa shape index (κ2) is 11.9. The Labute approximate surface area is 234 Å². The Balaban J connectivity index is 1.34. The Hall–Kier alpha value is -2.64. The maximum Gasteiger partial charge on any atom is 0.330 e. The molecule has 0 amide bonds. The van der Waals surface area contributed by atoms with Crippen LogP contribution in [0, 0.1) is 0 Å². The molecule has 0 saturated heterocycles. The van der Waals surface area contributed by atoms with E-state index in [-0.39, 0.29) is 0 Å². The van der Waals surface area contributed by atoms with Crippen molar-refractivity contribution in [3.05, 3.63) is 54.2 Å². The van der Waals surface area contributed by atoms with E-state index in [1.54, 1.807) is 21.3 Å². The zero-order valence-corrected chi connectivity index (χ0v) is 24.0. The Morgan fingerprint density at radius 3 is 1.74 bits per heavy atom. The average Bonchev–Trinajstić information content (AvgIpc) is 2.97. The summed E-state index contributed by atoms with van der Waals surface area (Å²) >= 11 is 0. The fourth-order valence-corrected chi connectivity index (χ4v) is 5.41. The van der Waals surface area contributed by atoms with Crippen LogP contribution < -0.4 is 5.46 Å². The summed E-state index contributed by atoms with van der Waals surface area (Å²) in [5.74, 6) is 3.64. The summed E-state index contributed by atoms with van der Waals surface area (Å²) in [6.07, 6.45) is 14.3. The van der Waals surface area contributed by atoms with Crippen molar-refractivity contribution in [2.24, 2.45) is 0 Å². The molecule has 0 spiro atoms. The SMILES string of the molecule is CC(C)(O)C(C)(C)O[B]c1ccc(-c2ccc(-c3nc(C4CCCCC4)nc(C4CCCCC4)n3)cn2)cc1. The zero-order valence-electron chi connectivity index (χ0n) is 24.0. The van der Waals surface area contributed by atoms with E-state index in [1.807, 2.05) is 50.4 Å². The molecule has 1 aromatic carbocycles. The van der Waals surface area contributed by atoms with Gasteiger partial charge in [0.2, 0.25) is 0 Å². The highest BCUT2D eigenvalue weighted by atomic mass is 16.5. The fraction of sp³-hybridized carbons (Fsp3) is 0.562. The van der Waals surface area contributed by atoms with Gasteiger partial charge < -0.3 is 9.76 Å². The van der Waals surface area contributed by atoms with Crippen molar-refractivity contribution >= 4 is 12.9 Å². The third kappa shape index (κ3) is 6.75. The van der Waals surface area contributed by atoms with Crippen LogP contribution in [0.15, 0.2) is 42.6 Å². The predicted molar refractivity (Wildman–Crippen MR) is 157 cm³/mol. The summed E-state index contributed by atoms with van der Waals surface area (Å²) in [4.78, 5) is 19.8. The molecule has 2 saturated carbocycles. The number of benzene rings is 1. The number of aromatic nitrogens is 4. The van der Waals surface area contributed by atoms with E-state index in [9.17, 15) is 5.11 Å². The number of rotatable bonds is 8. The van der Waals surface area contributed by atoms with E-state index in [4.69, 9.17) is 24.6 Å². The number of nitrogens with zero attached hydrogens (tertiary/aromatic N) is 4. The lowest BCUT2D eigenvalue weighted by Crippen LogP contribution is -2.49. The lowest BCUT2D eigenvalue weighted by Gasteiger charge is -2.37. The van der Waals surface area contributed by atoms with Crippen molar-refractivity contribution in [3.63, 3.8) is 0 Å². The zero-order chi connectivity index (χ0) is 27.5. The van der Waals surface area contributed by atoms with Crippen LogP contribution in [0.25, 0.3) is 22.6 Å². The molecule has 0 unspecified atom stereocenters. The third-order valence-corrected chi connectivity index (χ3v) is 8.80. The molecule has 1 N–H and O–H groups in total. The molecule has 7 heteroatoms. The van der Waals surface area contributed by atoms with Crippen LogP contribution >= 0.6 is 0 Å². The first kappa shape index (κ1) is 27.9. The molecule has 205 valence electrons. The van der Waals surface area contributed by atoms with Gasteiger partial charge in [0.25, 0.3) is 0 Å². The van der Waals surface area contributed by atoms with Crippen LogP contribution in [0.4, 0.5) is 0 Å². The average molecular weight is 526 g/mol. The first-order chi connectivity index (χ1) is 18.7. The summed E-state index contributed by atoms with van der Waals surface area (Å²) in [5, 5.41) is 10.3. The number of hydrogen-bond acceptors (Lipinski definition) is 6. The minimum atomic E-state index is -0.956. The maximum absolute atomic E-state index is 10.3. The lowest BCUT2D eigenvalue weighted by molar-refractivity contribution is -0.0893. The number of pyridine rings is 1. The summed E-state index contributed by atoms with van der Waals surface area (Å²) in [5.41, 5.74) is 2.15. The van der Waals surface area contributed by atoms with E-state index in [1.165, 1.54) is 64.2 Å². The van der Waals surface area contributed by atoms with Crippen molar-refractivity contribution in [2.75, 3.05) is 0 Å². The van der Waals surface area contributed by atoms with Gasteiger partial charge in [-0.15, -0.1) is 0 Å². The molecule has 5 rings (SSSR count). The summed E-state index contributed by atoms with van der Waals surface area (Å²) in [6, 6.07) is 12.2. The summed E-state index contributed by atoms with van der Waals surface area (Å²) in [7, 11) is 1.70. The molecule has 2 heterocycles. The highest BCUT2D eigenvalue weighted by Crippen LogP contribution is 2.35. The molecule has 2 aliphatic rings. The number of hydrogen-bond donors (Lipinski definition) is 1. The largest absolute Gasteiger partial charge is 0.427 e. The van der Waals surface area contributed by atoms with Gasteiger partial charge in [-0.05, 0) is 65.5 Å². The minimum Gasteiger partial charge on any atom is -0.427 e. The monoisotopic (exact) mass is 525 g/mol. The second-order valence-corrected chi connectivity index (χ2v) is 12.4. The van der Waals surface area contributed by atoms with Crippen molar-refractivity contribution in [1.29, 1.82) is 0 Å². The maximum atomic E-state index is 10.3. The molecule has 3 aromatic rings. The van der Waals surface area contributed by atoms with Gasteiger partial charge in [0.1, 0.15) is 11.6 Å². The summed E-state index contributed by atoms with van der Waals surface area (Å²) in [6.45, 7) is 7.27. The van der Waals surface area contributed by atoms with Crippen molar-refractivity contribution in [3.8, 4) is 22.6 Å². The molecule has 1 radical (unpaired) electrons. The van der Waals surface area contributed by atoms with Gasteiger partial charge in [-0.2, -0.15) is 0 Å². The molecule has 2 fully saturated rings. The van der Waals surface area contributed by atoms with Gasteiger partial charge in [-0.25, -0.2) is 15.0 Å². The van der Waals surface area contributed by atoms with Crippen molar-refractivity contribution in [1.82, 2.24) is 19.9 Å². The summed E-state index contributed by atoms with van der Waals surface area (Å²) < 4.78 is 5.89. The van der Waals surface area contributed by atoms with Gasteiger partial charge >= 0.3 is 7.48 Å².